The van der Waals surface area contributed by atoms with Crippen molar-refractivity contribution >= 4 is 45.3 Å². The Bertz CT molecular complexity index is 1140. The van der Waals surface area contributed by atoms with Crippen LogP contribution >= 0.6 is 23.5 Å². The average molecular weight is 452 g/mol. The summed E-state index contributed by atoms with van der Waals surface area (Å²) in [5, 5.41) is 0.411. The van der Waals surface area contributed by atoms with Crippen LogP contribution in [0.1, 0.15) is 31.8 Å². The fourth-order valence-electron chi connectivity index (χ4n) is 3.17. The summed E-state index contributed by atoms with van der Waals surface area (Å²) < 4.78 is 11.6. The molecule has 0 N–H and O–H groups in total. The van der Waals surface area contributed by atoms with E-state index in [0.29, 0.717) is 32.6 Å². The summed E-state index contributed by atoms with van der Waals surface area (Å²) in [4.78, 5) is 26.4. The van der Waals surface area contributed by atoms with Gasteiger partial charge in [0.05, 0.1) is 35.3 Å². The Morgan fingerprint density at radius 1 is 0.742 bits per heavy atom. The zero-order valence-electron chi connectivity index (χ0n) is 16.8. The van der Waals surface area contributed by atoms with E-state index in [-0.39, 0.29) is 11.8 Å². The number of methoxy groups -OCH3 is 2. The lowest BCUT2D eigenvalue weighted by Crippen LogP contribution is -2.22. The quantitative estimate of drug-likeness (QED) is 0.273. The van der Waals surface area contributed by atoms with Crippen LogP contribution < -0.4 is 9.47 Å². The van der Waals surface area contributed by atoms with Crippen LogP contribution in [0.4, 0.5) is 0 Å². The van der Waals surface area contributed by atoms with Crippen molar-refractivity contribution in [2.45, 2.75) is 0 Å². The molecule has 0 spiro atoms. The number of halogens is 1. The minimum absolute atomic E-state index is 0.365. The number of amides is 2. The van der Waals surface area contributed by atoms with E-state index in [4.69, 9.17) is 21.1 Å². The van der Waals surface area contributed by atoms with Gasteiger partial charge < -0.3 is 9.47 Å². The van der Waals surface area contributed by atoms with E-state index in [2.05, 4.69) is 0 Å². The first-order valence-electron chi connectivity index (χ1n) is 9.38. The van der Waals surface area contributed by atoms with Gasteiger partial charge in [-0.25, -0.2) is 4.31 Å². The van der Waals surface area contributed by atoms with Crippen molar-refractivity contribution in [3.05, 3.63) is 95.1 Å². The van der Waals surface area contributed by atoms with Crippen LogP contribution in [0, 0.1) is 0 Å². The molecule has 3 aromatic carbocycles. The summed E-state index contributed by atoms with van der Waals surface area (Å²) in [5.41, 5.74) is 2.25. The molecule has 31 heavy (non-hydrogen) atoms. The molecule has 0 aliphatic carbocycles. The fourth-order valence-corrected chi connectivity index (χ4v) is 4.49. The Morgan fingerprint density at radius 2 is 1.19 bits per heavy atom. The van der Waals surface area contributed by atoms with Gasteiger partial charge in [0.25, 0.3) is 11.8 Å². The van der Waals surface area contributed by atoms with Crippen LogP contribution in [0.15, 0.2) is 72.8 Å². The number of carbonyl (C=O) groups excluding carboxylic acids is 2. The van der Waals surface area contributed by atoms with Crippen molar-refractivity contribution in [3.63, 3.8) is 0 Å². The maximum absolute atomic E-state index is 12.9. The van der Waals surface area contributed by atoms with Gasteiger partial charge in [-0.15, -0.1) is 0 Å². The smallest absolute Gasteiger partial charge is 0.272 e. The van der Waals surface area contributed by atoms with Crippen LogP contribution in [0.5, 0.6) is 11.5 Å². The SMILES string of the molecule is COc1ccc(/C(Cl)=C(\SN2C(=O)c3ccccc3C2=O)c2ccc(OC)cc2)cc1. The van der Waals surface area contributed by atoms with Crippen LogP contribution in [-0.2, 0) is 0 Å². The Balaban J connectivity index is 1.77. The molecule has 1 aliphatic heterocycles. The molecule has 156 valence electrons. The van der Waals surface area contributed by atoms with Gasteiger partial charge in [-0.05, 0) is 59.7 Å². The highest BCUT2D eigenvalue weighted by atomic mass is 35.5. The third kappa shape index (κ3) is 4.04. The molecule has 2 amide bonds. The van der Waals surface area contributed by atoms with E-state index < -0.39 is 0 Å². The van der Waals surface area contributed by atoms with E-state index in [9.17, 15) is 9.59 Å². The number of benzene rings is 3. The highest BCUT2D eigenvalue weighted by Gasteiger charge is 2.37. The van der Waals surface area contributed by atoms with Crippen molar-refractivity contribution in [2.75, 3.05) is 14.2 Å². The summed E-state index contributed by atoms with van der Waals surface area (Å²) in [7, 11) is 3.18. The largest absolute Gasteiger partial charge is 0.497 e. The second kappa shape index (κ2) is 8.88. The highest BCUT2D eigenvalue weighted by molar-refractivity contribution is 8.07. The first-order valence-corrected chi connectivity index (χ1v) is 10.5. The van der Waals surface area contributed by atoms with E-state index in [0.717, 1.165) is 27.4 Å². The number of imide groups is 1. The Labute approximate surface area is 189 Å². The maximum Gasteiger partial charge on any atom is 0.272 e. The molecule has 0 radical (unpaired) electrons. The van der Waals surface area contributed by atoms with Gasteiger partial charge in [-0.3, -0.25) is 9.59 Å². The van der Waals surface area contributed by atoms with E-state index in [1.807, 2.05) is 24.3 Å². The molecular formula is C24H18ClNO4S. The van der Waals surface area contributed by atoms with E-state index >= 15 is 0 Å². The highest BCUT2D eigenvalue weighted by Crippen LogP contribution is 2.43. The van der Waals surface area contributed by atoms with Gasteiger partial charge in [0.1, 0.15) is 11.5 Å². The van der Waals surface area contributed by atoms with Gasteiger partial charge in [0.15, 0.2) is 0 Å². The van der Waals surface area contributed by atoms with Gasteiger partial charge in [0.2, 0.25) is 0 Å². The van der Waals surface area contributed by atoms with Crippen molar-refractivity contribution in [1.82, 2.24) is 4.31 Å². The van der Waals surface area contributed by atoms with Gasteiger partial charge in [0, 0.05) is 11.9 Å². The molecule has 0 bridgehead atoms. The van der Waals surface area contributed by atoms with Gasteiger partial charge in [-0.2, -0.15) is 0 Å². The minimum atomic E-state index is -0.365. The standard InChI is InChI=1S/C24H18ClNO4S/c1-29-17-11-7-15(8-12-17)21(25)22(16-9-13-18(30-2)14-10-16)31-26-23(27)19-5-3-4-6-20(19)24(26)28/h3-14H,1-2H3/b22-21+. The first-order chi connectivity index (χ1) is 15.0. The van der Waals surface area contributed by atoms with Gasteiger partial charge >= 0.3 is 0 Å². The molecule has 7 heteroatoms. The number of ether oxygens (including phenoxy) is 2. The number of hydrogen-bond acceptors (Lipinski definition) is 5. The van der Waals surface area contributed by atoms with Crippen LogP contribution in [0.2, 0.25) is 0 Å². The molecule has 0 saturated carbocycles. The Kier molecular flexibility index (Phi) is 6.02. The predicted molar refractivity (Wildman–Crippen MR) is 123 cm³/mol. The summed E-state index contributed by atoms with van der Waals surface area (Å²) in [5.74, 6) is 0.660. The third-order valence-corrected chi connectivity index (χ3v) is 6.49. The molecule has 1 aliphatic rings. The molecule has 1 heterocycles. The molecule has 0 aromatic heterocycles. The third-order valence-electron chi connectivity index (χ3n) is 4.83. The topological polar surface area (TPSA) is 55.8 Å². The lowest BCUT2D eigenvalue weighted by Gasteiger charge is -2.17. The van der Waals surface area contributed by atoms with Crippen molar-refractivity contribution in [2.24, 2.45) is 0 Å². The second-order valence-electron chi connectivity index (χ2n) is 6.64. The maximum atomic E-state index is 12.9. The Hall–Kier alpha value is -3.22. The number of carbonyl (C=O) groups is 2. The zero-order valence-corrected chi connectivity index (χ0v) is 18.4. The van der Waals surface area contributed by atoms with E-state index in [1.54, 1.807) is 62.8 Å². The predicted octanol–water partition coefficient (Wildman–Crippen LogP) is 5.71. The average Bonchev–Trinajstić information content (AvgIpc) is 3.07. The number of nitrogens with zero attached hydrogens (tertiary/aromatic N) is 1. The lowest BCUT2D eigenvalue weighted by atomic mass is 10.1. The fraction of sp³-hybridized carbons (Fsp3) is 0.0833. The molecule has 5 nitrogen and oxygen atoms in total. The van der Waals surface area contributed by atoms with Crippen molar-refractivity contribution < 1.29 is 19.1 Å². The molecule has 0 saturated heterocycles. The molecule has 3 aromatic rings. The first kappa shape index (κ1) is 21.0. The van der Waals surface area contributed by atoms with Crippen molar-refractivity contribution in [1.29, 1.82) is 0 Å². The van der Waals surface area contributed by atoms with Gasteiger partial charge in [-0.1, -0.05) is 35.9 Å². The molecular weight excluding hydrogens is 434 g/mol. The summed E-state index contributed by atoms with van der Waals surface area (Å²) in [6, 6.07) is 21.3. The summed E-state index contributed by atoms with van der Waals surface area (Å²) in [6.07, 6.45) is 0. The molecule has 0 unspecified atom stereocenters. The zero-order chi connectivity index (χ0) is 22.0. The number of fused-ring (bicyclic) bond motifs is 1. The molecule has 0 fully saturated rings. The normalized spacial score (nSPS) is 13.7. The number of rotatable bonds is 6. The van der Waals surface area contributed by atoms with Crippen LogP contribution in [0.3, 0.4) is 0 Å². The minimum Gasteiger partial charge on any atom is -0.497 e. The Morgan fingerprint density at radius 3 is 1.65 bits per heavy atom. The number of hydrogen-bond donors (Lipinski definition) is 0. The van der Waals surface area contributed by atoms with Crippen LogP contribution in [0.25, 0.3) is 9.94 Å². The lowest BCUT2D eigenvalue weighted by molar-refractivity contribution is 0.0778. The summed E-state index contributed by atoms with van der Waals surface area (Å²) >= 11 is 7.81. The molecule has 0 atom stereocenters. The van der Waals surface area contributed by atoms with E-state index in [1.165, 1.54) is 0 Å². The monoisotopic (exact) mass is 451 g/mol. The van der Waals surface area contributed by atoms with Crippen LogP contribution in [-0.4, -0.2) is 30.3 Å². The van der Waals surface area contributed by atoms with Crippen molar-refractivity contribution in [3.8, 4) is 11.5 Å². The second-order valence-corrected chi connectivity index (χ2v) is 7.98. The summed E-state index contributed by atoms with van der Waals surface area (Å²) in [6.45, 7) is 0. The molecule has 4 rings (SSSR count).